The number of carbonyl (C=O) groups is 2. The van der Waals surface area contributed by atoms with Crippen molar-refractivity contribution in [2.24, 2.45) is 0 Å². The third-order valence-corrected chi connectivity index (χ3v) is 6.67. The van der Waals surface area contributed by atoms with Crippen molar-refractivity contribution >= 4 is 29.3 Å². The molecule has 1 aliphatic heterocycles. The van der Waals surface area contributed by atoms with Crippen molar-refractivity contribution in [1.82, 2.24) is 20.2 Å². The fraction of sp³-hybridized carbons (Fsp3) is 0.556. The smallest absolute Gasteiger partial charge is 0.326 e. The molecule has 0 saturated heterocycles. The molecule has 0 fully saturated rings. The molecule has 1 aliphatic rings. The number of nitrogens with one attached hydrogen (secondary N) is 2. The monoisotopic (exact) mass is 549 g/mol. The maximum Gasteiger partial charge on any atom is 0.326 e. The number of rotatable bonds is 15. The minimum atomic E-state index is -1.20. The Balaban J connectivity index is 1.53. The summed E-state index contributed by atoms with van der Waals surface area (Å²) in [4.78, 5) is 34.9. The molecule has 2 aromatic rings. The van der Waals surface area contributed by atoms with Crippen LogP contribution in [-0.2, 0) is 22.4 Å². The van der Waals surface area contributed by atoms with Gasteiger partial charge in [-0.3, -0.25) is 9.78 Å². The van der Waals surface area contributed by atoms with Crippen molar-refractivity contribution in [3.8, 4) is 0 Å². The minimum Gasteiger partial charge on any atom is -0.480 e. The summed E-state index contributed by atoms with van der Waals surface area (Å²) in [5, 5.41) is 15.3. The summed E-state index contributed by atoms with van der Waals surface area (Å²) in [6, 6.07) is 3.05. The zero-order chi connectivity index (χ0) is 27.5. The Morgan fingerprint density at radius 2 is 2.05 bits per heavy atom. The Morgan fingerprint density at radius 3 is 2.79 bits per heavy atom. The van der Waals surface area contributed by atoms with Gasteiger partial charge in [0, 0.05) is 31.5 Å². The van der Waals surface area contributed by atoms with E-state index in [0.29, 0.717) is 19.7 Å². The molecule has 3 N–H and O–H groups in total. The van der Waals surface area contributed by atoms with Gasteiger partial charge in [0.05, 0.1) is 29.5 Å². The van der Waals surface area contributed by atoms with Crippen molar-refractivity contribution in [1.29, 1.82) is 0 Å². The first kappa shape index (κ1) is 29.7. The van der Waals surface area contributed by atoms with Crippen molar-refractivity contribution < 1.29 is 23.8 Å². The molecule has 9 nitrogen and oxygen atoms in total. The van der Waals surface area contributed by atoms with Crippen LogP contribution >= 0.6 is 11.6 Å². The largest absolute Gasteiger partial charge is 0.480 e. The summed E-state index contributed by atoms with van der Waals surface area (Å²) in [5.41, 5.74) is 1.91. The molecule has 0 aromatic carbocycles. The van der Waals surface area contributed by atoms with Crippen LogP contribution in [0.1, 0.15) is 61.1 Å². The zero-order valence-electron chi connectivity index (χ0n) is 22.0. The number of hydrogen-bond donors (Lipinski definition) is 3. The summed E-state index contributed by atoms with van der Waals surface area (Å²) in [5.74, 6) is -2.00. The first-order valence-corrected chi connectivity index (χ1v) is 13.5. The number of aromatic nitrogens is 2. The first-order chi connectivity index (χ1) is 18.2. The van der Waals surface area contributed by atoms with Gasteiger partial charge in [0.2, 0.25) is 0 Å². The van der Waals surface area contributed by atoms with E-state index in [2.05, 4.69) is 32.7 Å². The number of hydrogen-bond acceptors (Lipinski definition) is 7. The zero-order valence-corrected chi connectivity index (χ0v) is 22.8. The van der Waals surface area contributed by atoms with Crippen molar-refractivity contribution in [2.45, 2.75) is 64.5 Å². The van der Waals surface area contributed by atoms with Crippen LogP contribution in [-0.4, -0.2) is 76.8 Å². The van der Waals surface area contributed by atoms with Gasteiger partial charge in [-0.15, -0.1) is 0 Å². The number of halogens is 2. The number of pyridine rings is 2. The van der Waals surface area contributed by atoms with E-state index in [1.807, 2.05) is 13.8 Å². The molecule has 0 bridgehead atoms. The predicted octanol–water partition coefficient (Wildman–Crippen LogP) is 3.95. The van der Waals surface area contributed by atoms with Gasteiger partial charge in [-0.2, -0.15) is 0 Å². The van der Waals surface area contributed by atoms with E-state index < -0.39 is 29.3 Å². The van der Waals surface area contributed by atoms with Crippen molar-refractivity contribution in [2.75, 3.05) is 38.1 Å². The normalized spacial score (nSPS) is 13.7. The lowest BCUT2D eigenvalue weighted by Gasteiger charge is -2.25. The number of ether oxygens (including phenoxy) is 1. The average Bonchev–Trinajstić information content (AvgIpc) is 2.87. The molecule has 3 heterocycles. The van der Waals surface area contributed by atoms with E-state index in [4.69, 9.17) is 21.3 Å². The molecule has 208 valence electrons. The average molecular weight is 550 g/mol. The van der Waals surface area contributed by atoms with Gasteiger partial charge >= 0.3 is 5.97 Å². The van der Waals surface area contributed by atoms with E-state index in [1.165, 1.54) is 5.56 Å². The molecule has 38 heavy (non-hydrogen) atoms. The topological polar surface area (TPSA) is 117 Å². The van der Waals surface area contributed by atoms with E-state index in [9.17, 15) is 19.1 Å². The lowest BCUT2D eigenvalue weighted by molar-refractivity contribution is -0.139. The third-order valence-electron chi connectivity index (χ3n) is 6.39. The van der Waals surface area contributed by atoms with E-state index in [0.717, 1.165) is 69.1 Å². The van der Waals surface area contributed by atoms with Crippen LogP contribution in [0.4, 0.5) is 10.2 Å². The highest BCUT2D eigenvalue weighted by Gasteiger charge is 2.25. The third kappa shape index (κ3) is 9.18. The van der Waals surface area contributed by atoms with E-state index in [1.54, 1.807) is 0 Å². The number of fused-ring (bicyclic) bond motifs is 1. The van der Waals surface area contributed by atoms with Crippen LogP contribution in [0.15, 0.2) is 24.5 Å². The molecular weight excluding hydrogens is 513 g/mol. The number of amides is 1. The lowest BCUT2D eigenvalue weighted by atomic mass is 10.1. The van der Waals surface area contributed by atoms with Crippen LogP contribution in [0.5, 0.6) is 0 Å². The quantitative estimate of drug-likeness (QED) is 0.286. The standard InChI is InChI=1S/C27H37ClFN5O4/c1-18(2)38-15-14-34(12-4-3-7-20-9-8-19-6-5-11-31-25(19)32-20)13-10-23(27(36)37)33-26(35)24-21(28)16-30-17-22(24)29/h8-9,16-18,23H,3-7,10-15H2,1-2H3,(H,31,32)(H,33,35)(H,36,37). The number of aryl methyl sites for hydroxylation is 2. The molecule has 0 radical (unpaired) electrons. The molecule has 1 atom stereocenters. The van der Waals surface area contributed by atoms with Gasteiger partial charge in [-0.25, -0.2) is 14.2 Å². The predicted molar refractivity (Wildman–Crippen MR) is 144 cm³/mol. The second-order valence-corrected chi connectivity index (χ2v) is 10.1. The van der Waals surface area contributed by atoms with Gasteiger partial charge < -0.3 is 25.4 Å². The first-order valence-electron chi connectivity index (χ1n) is 13.1. The Labute approximate surface area is 228 Å². The highest BCUT2D eigenvalue weighted by atomic mass is 35.5. The number of carboxylic acids is 1. The number of carboxylic acid groups (broad SMARTS) is 1. The van der Waals surface area contributed by atoms with Gasteiger partial charge in [0.25, 0.3) is 5.91 Å². The van der Waals surface area contributed by atoms with Crippen molar-refractivity contribution in [3.05, 3.63) is 52.2 Å². The summed E-state index contributed by atoms with van der Waals surface area (Å²) in [7, 11) is 0. The van der Waals surface area contributed by atoms with Crippen LogP contribution in [0.25, 0.3) is 0 Å². The summed E-state index contributed by atoms with van der Waals surface area (Å²) >= 11 is 5.91. The second-order valence-electron chi connectivity index (χ2n) is 9.69. The number of nitrogens with zero attached hydrogens (tertiary/aromatic N) is 3. The van der Waals surface area contributed by atoms with Gasteiger partial charge in [-0.05, 0) is 70.5 Å². The number of unbranched alkanes of at least 4 members (excludes halogenated alkanes) is 1. The van der Waals surface area contributed by atoms with Crippen LogP contribution in [0.3, 0.4) is 0 Å². The Morgan fingerprint density at radius 1 is 1.24 bits per heavy atom. The highest BCUT2D eigenvalue weighted by molar-refractivity contribution is 6.33. The van der Waals surface area contributed by atoms with Crippen LogP contribution in [0.2, 0.25) is 5.02 Å². The minimum absolute atomic E-state index is 0.0895. The summed E-state index contributed by atoms with van der Waals surface area (Å²) in [6.07, 6.45) is 7.12. The Bertz CT molecular complexity index is 1070. The maximum atomic E-state index is 14.1. The van der Waals surface area contributed by atoms with Gasteiger partial charge in [0.15, 0.2) is 5.82 Å². The molecule has 1 unspecified atom stereocenters. The molecule has 3 rings (SSSR count). The molecule has 11 heteroatoms. The molecular formula is C27H37ClFN5O4. The second kappa shape index (κ2) is 14.9. The summed E-state index contributed by atoms with van der Waals surface area (Å²) in [6.45, 7) is 7.19. The lowest BCUT2D eigenvalue weighted by Crippen LogP contribution is -2.44. The van der Waals surface area contributed by atoms with Crippen LogP contribution in [0, 0.1) is 5.82 Å². The van der Waals surface area contributed by atoms with Crippen molar-refractivity contribution in [3.63, 3.8) is 0 Å². The molecule has 0 aliphatic carbocycles. The molecule has 0 spiro atoms. The molecule has 2 aromatic heterocycles. The summed E-state index contributed by atoms with van der Waals surface area (Å²) < 4.78 is 19.8. The number of anilines is 1. The molecule has 0 saturated carbocycles. The maximum absolute atomic E-state index is 14.1. The van der Waals surface area contributed by atoms with Crippen LogP contribution < -0.4 is 10.6 Å². The van der Waals surface area contributed by atoms with E-state index in [-0.39, 0.29) is 17.5 Å². The number of aliphatic carboxylic acids is 1. The fourth-order valence-electron chi connectivity index (χ4n) is 4.33. The van der Waals surface area contributed by atoms with E-state index >= 15 is 0 Å². The fourth-order valence-corrected chi connectivity index (χ4v) is 4.56. The molecule has 1 amide bonds. The highest BCUT2D eigenvalue weighted by Crippen LogP contribution is 2.20. The van der Waals surface area contributed by atoms with Gasteiger partial charge in [0.1, 0.15) is 11.9 Å². The Hall–Kier alpha value is -2.82. The van der Waals surface area contributed by atoms with Gasteiger partial charge in [-0.1, -0.05) is 17.7 Å². The number of carbonyl (C=O) groups excluding carboxylic acids is 1. The SMILES string of the molecule is CC(C)OCCN(CCCCc1ccc2c(n1)NCCC2)CCC(NC(=O)c1c(F)cncc1Cl)C(=O)O. The Kier molecular flexibility index (Phi) is 11.7.